The fourth-order valence-electron chi connectivity index (χ4n) is 2.72. The van der Waals surface area contributed by atoms with Crippen molar-refractivity contribution in [1.29, 1.82) is 0 Å². The fourth-order valence-corrected chi connectivity index (χ4v) is 2.72. The standard InChI is InChI=1S/C22H23NO3/c1-18-12-13-21(26-18)15-23(14-19-8-4-2-5-9-19)22(24)17-25-16-20-10-6-3-7-11-20/h2-13H,14-17H2,1H3. The molecule has 0 fully saturated rings. The maximum absolute atomic E-state index is 12.7. The first-order chi connectivity index (χ1) is 12.7. The van der Waals surface area contributed by atoms with Gasteiger partial charge in [-0.3, -0.25) is 4.79 Å². The lowest BCUT2D eigenvalue weighted by Crippen LogP contribution is -2.33. The Kier molecular flexibility index (Phi) is 6.23. The summed E-state index contributed by atoms with van der Waals surface area (Å²) in [5.74, 6) is 1.56. The van der Waals surface area contributed by atoms with Crippen molar-refractivity contribution < 1.29 is 13.9 Å². The van der Waals surface area contributed by atoms with Gasteiger partial charge in [0, 0.05) is 6.54 Å². The van der Waals surface area contributed by atoms with Gasteiger partial charge in [-0.25, -0.2) is 0 Å². The Labute approximate surface area is 154 Å². The van der Waals surface area contributed by atoms with Gasteiger partial charge in [0.05, 0.1) is 13.2 Å². The molecular weight excluding hydrogens is 326 g/mol. The van der Waals surface area contributed by atoms with Crippen LogP contribution in [0.15, 0.2) is 77.2 Å². The molecule has 3 rings (SSSR count). The number of hydrogen-bond donors (Lipinski definition) is 0. The average Bonchev–Trinajstić information content (AvgIpc) is 3.08. The van der Waals surface area contributed by atoms with Gasteiger partial charge in [0.15, 0.2) is 0 Å². The summed E-state index contributed by atoms with van der Waals surface area (Å²) >= 11 is 0. The van der Waals surface area contributed by atoms with E-state index in [4.69, 9.17) is 9.15 Å². The Morgan fingerprint density at radius 3 is 2.15 bits per heavy atom. The fraction of sp³-hybridized carbons (Fsp3) is 0.227. The summed E-state index contributed by atoms with van der Waals surface area (Å²) in [6, 6.07) is 23.6. The van der Waals surface area contributed by atoms with E-state index in [1.165, 1.54) is 0 Å². The van der Waals surface area contributed by atoms with Crippen molar-refractivity contribution in [2.75, 3.05) is 6.61 Å². The van der Waals surface area contributed by atoms with Crippen molar-refractivity contribution in [3.05, 3.63) is 95.4 Å². The predicted octanol–water partition coefficient (Wildman–Crippen LogP) is 4.33. The molecule has 3 aromatic rings. The summed E-state index contributed by atoms with van der Waals surface area (Å²) < 4.78 is 11.3. The van der Waals surface area contributed by atoms with Crippen LogP contribution in [0.5, 0.6) is 0 Å². The topological polar surface area (TPSA) is 42.7 Å². The van der Waals surface area contributed by atoms with Crippen LogP contribution in [0.3, 0.4) is 0 Å². The Morgan fingerprint density at radius 1 is 0.885 bits per heavy atom. The van der Waals surface area contributed by atoms with Gasteiger partial charge in [-0.2, -0.15) is 0 Å². The third kappa shape index (κ3) is 5.33. The molecule has 0 atom stereocenters. The van der Waals surface area contributed by atoms with Crippen molar-refractivity contribution in [1.82, 2.24) is 4.90 Å². The van der Waals surface area contributed by atoms with Crippen LogP contribution in [0.2, 0.25) is 0 Å². The van der Waals surface area contributed by atoms with E-state index in [1.807, 2.05) is 79.7 Å². The molecule has 0 aliphatic rings. The predicted molar refractivity (Wildman–Crippen MR) is 100 cm³/mol. The number of amides is 1. The summed E-state index contributed by atoms with van der Waals surface area (Å²) in [4.78, 5) is 14.5. The van der Waals surface area contributed by atoms with Gasteiger partial charge in [0.25, 0.3) is 0 Å². The number of ether oxygens (including phenoxy) is 1. The van der Waals surface area contributed by atoms with Gasteiger partial charge in [-0.05, 0) is 30.2 Å². The van der Waals surface area contributed by atoms with E-state index in [0.717, 1.165) is 22.6 Å². The Hall–Kier alpha value is -2.85. The summed E-state index contributed by atoms with van der Waals surface area (Å²) in [5.41, 5.74) is 2.13. The number of rotatable bonds is 8. The maximum Gasteiger partial charge on any atom is 0.249 e. The average molecular weight is 349 g/mol. The minimum atomic E-state index is -0.0566. The first-order valence-corrected chi connectivity index (χ1v) is 8.69. The zero-order chi connectivity index (χ0) is 18.2. The smallest absolute Gasteiger partial charge is 0.249 e. The van der Waals surface area contributed by atoms with Gasteiger partial charge < -0.3 is 14.1 Å². The minimum absolute atomic E-state index is 0.0431. The zero-order valence-corrected chi connectivity index (χ0v) is 14.9. The molecule has 0 saturated carbocycles. The zero-order valence-electron chi connectivity index (χ0n) is 14.9. The van der Waals surface area contributed by atoms with Gasteiger partial charge in [0.2, 0.25) is 5.91 Å². The lowest BCUT2D eigenvalue weighted by Gasteiger charge is -2.22. The van der Waals surface area contributed by atoms with Gasteiger partial charge in [-0.1, -0.05) is 60.7 Å². The molecule has 0 N–H and O–H groups in total. The number of benzene rings is 2. The molecule has 0 aliphatic heterocycles. The Balaban J connectivity index is 1.62. The van der Waals surface area contributed by atoms with Crippen LogP contribution in [0.1, 0.15) is 22.6 Å². The molecule has 1 amide bonds. The molecule has 0 bridgehead atoms. The second-order valence-corrected chi connectivity index (χ2v) is 6.23. The van der Waals surface area contributed by atoms with Crippen LogP contribution >= 0.6 is 0 Å². The van der Waals surface area contributed by atoms with Crippen LogP contribution in [0, 0.1) is 6.92 Å². The van der Waals surface area contributed by atoms with E-state index in [1.54, 1.807) is 4.90 Å². The molecule has 1 aromatic heterocycles. The normalized spacial score (nSPS) is 10.7. The second kappa shape index (κ2) is 9.02. The number of hydrogen-bond acceptors (Lipinski definition) is 3. The highest BCUT2D eigenvalue weighted by molar-refractivity contribution is 5.77. The molecule has 4 heteroatoms. The van der Waals surface area contributed by atoms with E-state index in [-0.39, 0.29) is 12.5 Å². The van der Waals surface area contributed by atoms with Crippen molar-refractivity contribution in [2.24, 2.45) is 0 Å². The largest absolute Gasteiger partial charge is 0.464 e. The molecule has 1 heterocycles. The van der Waals surface area contributed by atoms with Crippen molar-refractivity contribution >= 4 is 5.91 Å². The first-order valence-electron chi connectivity index (χ1n) is 8.69. The number of carbonyl (C=O) groups is 1. The number of carbonyl (C=O) groups excluding carboxylic acids is 1. The Bertz CT molecular complexity index is 812. The van der Waals surface area contributed by atoms with Crippen LogP contribution in [0.4, 0.5) is 0 Å². The molecule has 134 valence electrons. The summed E-state index contributed by atoms with van der Waals surface area (Å²) in [6.07, 6.45) is 0. The molecule has 26 heavy (non-hydrogen) atoms. The molecule has 0 radical (unpaired) electrons. The molecule has 2 aromatic carbocycles. The molecule has 0 aliphatic carbocycles. The molecular formula is C22H23NO3. The number of nitrogens with zero attached hydrogens (tertiary/aromatic N) is 1. The van der Waals surface area contributed by atoms with Crippen LogP contribution in [-0.2, 0) is 29.2 Å². The monoisotopic (exact) mass is 349 g/mol. The summed E-state index contributed by atoms with van der Waals surface area (Å²) in [5, 5.41) is 0. The lowest BCUT2D eigenvalue weighted by molar-refractivity contribution is -0.138. The third-order valence-corrected chi connectivity index (χ3v) is 4.05. The van der Waals surface area contributed by atoms with E-state index >= 15 is 0 Å². The van der Waals surface area contributed by atoms with E-state index in [0.29, 0.717) is 19.7 Å². The van der Waals surface area contributed by atoms with Gasteiger partial charge in [-0.15, -0.1) is 0 Å². The molecule has 4 nitrogen and oxygen atoms in total. The summed E-state index contributed by atoms with van der Waals surface area (Å²) in [7, 11) is 0. The molecule has 0 spiro atoms. The quantitative estimate of drug-likeness (QED) is 0.608. The van der Waals surface area contributed by atoms with Crippen LogP contribution in [0.25, 0.3) is 0 Å². The lowest BCUT2D eigenvalue weighted by atomic mass is 10.2. The van der Waals surface area contributed by atoms with E-state index in [9.17, 15) is 4.79 Å². The molecule has 0 unspecified atom stereocenters. The number of furan rings is 1. The second-order valence-electron chi connectivity index (χ2n) is 6.23. The third-order valence-electron chi connectivity index (χ3n) is 4.05. The van der Waals surface area contributed by atoms with Gasteiger partial charge >= 0.3 is 0 Å². The van der Waals surface area contributed by atoms with Crippen molar-refractivity contribution in [2.45, 2.75) is 26.6 Å². The summed E-state index contributed by atoms with van der Waals surface area (Å²) in [6.45, 7) is 3.31. The van der Waals surface area contributed by atoms with Gasteiger partial charge in [0.1, 0.15) is 18.1 Å². The molecule has 0 saturated heterocycles. The highest BCUT2D eigenvalue weighted by Crippen LogP contribution is 2.13. The van der Waals surface area contributed by atoms with Crippen molar-refractivity contribution in [3.63, 3.8) is 0 Å². The Morgan fingerprint density at radius 2 is 1.54 bits per heavy atom. The van der Waals surface area contributed by atoms with Crippen molar-refractivity contribution in [3.8, 4) is 0 Å². The number of aryl methyl sites for hydroxylation is 1. The van der Waals surface area contributed by atoms with E-state index in [2.05, 4.69) is 0 Å². The first kappa shape index (κ1) is 18.0. The van der Waals surface area contributed by atoms with E-state index < -0.39 is 0 Å². The highest BCUT2D eigenvalue weighted by Gasteiger charge is 2.16. The van der Waals surface area contributed by atoms with Crippen LogP contribution < -0.4 is 0 Å². The maximum atomic E-state index is 12.7. The SMILES string of the molecule is Cc1ccc(CN(Cc2ccccc2)C(=O)COCc2ccccc2)o1. The van der Waals surface area contributed by atoms with Crippen LogP contribution in [-0.4, -0.2) is 17.4 Å². The minimum Gasteiger partial charge on any atom is -0.464 e. The highest BCUT2D eigenvalue weighted by atomic mass is 16.5.